The summed E-state index contributed by atoms with van der Waals surface area (Å²) in [5.41, 5.74) is 8.83. The maximum absolute atomic E-state index is 5.82. The quantitative estimate of drug-likeness (QED) is 0.419. The van der Waals surface area contributed by atoms with Crippen molar-refractivity contribution in [2.24, 2.45) is 0 Å². The van der Waals surface area contributed by atoms with Gasteiger partial charge in [0.15, 0.2) is 0 Å². The maximum atomic E-state index is 5.82. The molecule has 0 amide bonds. The topological polar surface area (TPSA) is 47.3 Å². The molecule has 0 aliphatic carbocycles. The first kappa shape index (κ1) is 12.7. The Morgan fingerprint density at radius 1 is 1.44 bits per heavy atom. The normalized spacial score (nSPS) is 10.3. The molecule has 3 heteroatoms. The van der Waals surface area contributed by atoms with Crippen LogP contribution in [0.2, 0.25) is 0 Å². The lowest BCUT2D eigenvalue weighted by atomic mass is 10.2. The standard InChI is InChI=1S/C13H20N2O/c1-11(2)10-16-8-7-15-9-12-5-3-4-6-13(12)14/h3-6,15H,1,7-10,14H2,2H3. The molecule has 0 bridgehead atoms. The van der Waals surface area contributed by atoms with Gasteiger partial charge in [-0.15, -0.1) is 0 Å². The molecule has 0 fully saturated rings. The Morgan fingerprint density at radius 3 is 2.88 bits per heavy atom. The van der Waals surface area contributed by atoms with E-state index in [2.05, 4.69) is 11.9 Å². The van der Waals surface area contributed by atoms with Crippen molar-refractivity contribution >= 4 is 5.69 Å². The van der Waals surface area contributed by atoms with Crippen LogP contribution >= 0.6 is 0 Å². The summed E-state index contributed by atoms with van der Waals surface area (Å²) in [6.07, 6.45) is 0. The number of nitrogen functional groups attached to an aromatic ring is 1. The summed E-state index contributed by atoms with van der Waals surface area (Å²) in [6.45, 7) is 8.66. The van der Waals surface area contributed by atoms with Crippen molar-refractivity contribution in [3.63, 3.8) is 0 Å². The SMILES string of the molecule is C=C(C)COCCNCc1ccccc1N. The lowest BCUT2D eigenvalue weighted by Gasteiger charge is -2.07. The van der Waals surface area contributed by atoms with E-state index in [0.29, 0.717) is 13.2 Å². The van der Waals surface area contributed by atoms with E-state index in [-0.39, 0.29) is 0 Å². The third kappa shape index (κ3) is 4.96. The smallest absolute Gasteiger partial charge is 0.0672 e. The van der Waals surface area contributed by atoms with Crippen LogP contribution in [0.25, 0.3) is 0 Å². The van der Waals surface area contributed by atoms with Crippen LogP contribution in [0.3, 0.4) is 0 Å². The summed E-state index contributed by atoms with van der Waals surface area (Å²) >= 11 is 0. The van der Waals surface area contributed by atoms with Gasteiger partial charge in [0.05, 0.1) is 13.2 Å². The van der Waals surface area contributed by atoms with Crippen molar-refractivity contribution in [2.45, 2.75) is 13.5 Å². The van der Waals surface area contributed by atoms with Crippen LogP contribution < -0.4 is 11.1 Å². The lowest BCUT2D eigenvalue weighted by Crippen LogP contribution is -2.20. The van der Waals surface area contributed by atoms with Gasteiger partial charge in [0.25, 0.3) is 0 Å². The molecule has 0 aliphatic heterocycles. The first-order valence-electron chi connectivity index (χ1n) is 5.46. The molecule has 3 N–H and O–H groups in total. The van der Waals surface area contributed by atoms with Crippen LogP contribution in [0.5, 0.6) is 0 Å². The largest absolute Gasteiger partial charge is 0.398 e. The number of benzene rings is 1. The van der Waals surface area contributed by atoms with Gasteiger partial charge in [-0.25, -0.2) is 0 Å². The van der Waals surface area contributed by atoms with E-state index in [4.69, 9.17) is 10.5 Å². The van der Waals surface area contributed by atoms with Crippen molar-refractivity contribution in [1.29, 1.82) is 0 Å². The highest BCUT2D eigenvalue weighted by atomic mass is 16.5. The minimum Gasteiger partial charge on any atom is -0.398 e. The minimum absolute atomic E-state index is 0.634. The molecule has 0 spiro atoms. The number of anilines is 1. The number of ether oxygens (including phenoxy) is 1. The monoisotopic (exact) mass is 220 g/mol. The fourth-order valence-corrected chi connectivity index (χ4v) is 1.31. The summed E-state index contributed by atoms with van der Waals surface area (Å²) in [6, 6.07) is 7.87. The van der Waals surface area contributed by atoms with Crippen molar-refractivity contribution in [1.82, 2.24) is 5.32 Å². The van der Waals surface area contributed by atoms with Crippen molar-refractivity contribution in [3.8, 4) is 0 Å². The van der Waals surface area contributed by atoms with Crippen LogP contribution in [0, 0.1) is 0 Å². The van der Waals surface area contributed by atoms with Gasteiger partial charge in [-0.1, -0.05) is 30.4 Å². The number of hydrogen-bond acceptors (Lipinski definition) is 3. The fourth-order valence-electron chi connectivity index (χ4n) is 1.31. The zero-order valence-electron chi connectivity index (χ0n) is 9.83. The first-order valence-corrected chi connectivity index (χ1v) is 5.46. The van der Waals surface area contributed by atoms with Gasteiger partial charge in [-0.05, 0) is 18.6 Å². The average molecular weight is 220 g/mol. The zero-order chi connectivity index (χ0) is 11.8. The third-order valence-electron chi connectivity index (χ3n) is 2.14. The Morgan fingerprint density at radius 2 is 2.19 bits per heavy atom. The van der Waals surface area contributed by atoms with E-state index in [1.165, 1.54) is 0 Å². The number of hydrogen-bond donors (Lipinski definition) is 2. The van der Waals surface area contributed by atoms with Gasteiger partial charge in [0.2, 0.25) is 0 Å². The lowest BCUT2D eigenvalue weighted by molar-refractivity contribution is 0.158. The molecule has 0 aromatic heterocycles. The highest BCUT2D eigenvalue weighted by molar-refractivity contribution is 5.46. The second kappa shape index (κ2) is 7.04. The molecule has 0 atom stereocenters. The Hall–Kier alpha value is -1.32. The van der Waals surface area contributed by atoms with Gasteiger partial charge in [0, 0.05) is 18.8 Å². The van der Waals surface area contributed by atoms with Gasteiger partial charge in [0.1, 0.15) is 0 Å². The molecule has 1 rings (SSSR count). The highest BCUT2D eigenvalue weighted by Crippen LogP contribution is 2.09. The van der Waals surface area contributed by atoms with E-state index < -0.39 is 0 Å². The molecule has 88 valence electrons. The van der Waals surface area contributed by atoms with Crippen molar-refractivity contribution in [2.75, 3.05) is 25.5 Å². The third-order valence-corrected chi connectivity index (χ3v) is 2.14. The predicted octanol–water partition coefficient (Wildman–Crippen LogP) is 1.95. The van der Waals surface area contributed by atoms with E-state index in [1.807, 2.05) is 31.2 Å². The van der Waals surface area contributed by atoms with E-state index in [1.54, 1.807) is 0 Å². The summed E-state index contributed by atoms with van der Waals surface area (Å²) in [4.78, 5) is 0. The number of rotatable bonds is 7. The summed E-state index contributed by atoms with van der Waals surface area (Å²) in [5.74, 6) is 0. The molecule has 3 nitrogen and oxygen atoms in total. The molecule has 1 aromatic carbocycles. The zero-order valence-corrected chi connectivity index (χ0v) is 9.83. The molecule has 0 heterocycles. The molecular formula is C13H20N2O. The Kier molecular flexibility index (Phi) is 5.61. The molecule has 0 aliphatic rings. The number of nitrogens with one attached hydrogen (secondary N) is 1. The number of para-hydroxylation sites is 1. The van der Waals surface area contributed by atoms with E-state index in [9.17, 15) is 0 Å². The summed E-state index contributed by atoms with van der Waals surface area (Å²) in [7, 11) is 0. The predicted molar refractivity (Wildman–Crippen MR) is 68.2 cm³/mol. The van der Waals surface area contributed by atoms with Crippen LogP contribution in [0.1, 0.15) is 12.5 Å². The molecule has 0 radical (unpaired) electrons. The first-order chi connectivity index (χ1) is 7.70. The Bertz CT molecular complexity index is 336. The Labute approximate surface area is 97.3 Å². The molecule has 0 saturated carbocycles. The highest BCUT2D eigenvalue weighted by Gasteiger charge is 1.96. The average Bonchev–Trinajstić information content (AvgIpc) is 2.25. The van der Waals surface area contributed by atoms with Crippen LogP contribution in [-0.2, 0) is 11.3 Å². The number of nitrogens with two attached hydrogens (primary N) is 1. The van der Waals surface area contributed by atoms with Gasteiger partial charge >= 0.3 is 0 Å². The Balaban J connectivity index is 2.12. The molecule has 1 aromatic rings. The maximum Gasteiger partial charge on any atom is 0.0672 e. The minimum atomic E-state index is 0.634. The second-order valence-corrected chi connectivity index (χ2v) is 3.89. The van der Waals surface area contributed by atoms with Crippen LogP contribution in [-0.4, -0.2) is 19.8 Å². The van der Waals surface area contributed by atoms with Gasteiger partial charge in [-0.3, -0.25) is 0 Å². The van der Waals surface area contributed by atoms with Crippen LogP contribution in [0.15, 0.2) is 36.4 Å². The van der Waals surface area contributed by atoms with E-state index in [0.717, 1.165) is 29.9 Å². The van der Waals surface area contributed by atoms with Crippen molar-refractivity contribution < 1.29 is 4.74 Å². The second-order valence-electron chi connectivity index (χ2n) is 3.89. The molecular weight excluding hydrogens is 200 g/mol. The van der Waals surface area contributed by atoms with Crippen molar-refractivity contribution in [3.05, 3.63) is 42.0 Å². The summed E-state index contributed by atoms with van der Waals surface area (Å²) in [5, 5.41) is 3.28. The van der Waals surface area contributed by atoms with Gasteiger partial charge in [-0.2, -0.15) is 0 Å². The molecule has 16 heavy (non-hydrogen) atoms. The van der Waals surface area contributed by atoms with E-state index >= 15 is 0 Å². The summed E-state index contributed by atoms with van der Waals surface area (Å²) < 4.78 is 5.37. The van der Waals surface area contributed by atoms with Crippen LogP contribution in [0.4, 0.5) is 5.69 Å². The molecule has 0 unspecified atom stereocenters. The molecule has 0 saturated heterocycles. The fraction of sp³-hybridized carbons (Fsp3) is 0.385. The van der Waals surface area contributed by atoms with Gasteiger partial charge < -0.3 is 15.8 Å².